The van der Waals surface area contributed by atoms with E-state index >= 15 is 0 Å². The third-order valence-corrected chi connectivity index (χ3v) is 0. The van der Waals surface area contributed by atoms with E-state index in [4.69, 9.17) is 17.5 Å². The van der Waals surface area contributed by atoms with Crippen molar-refractivity contribution in [2.45, 2.75) is 0 Å². The van der Waals surface area contributed by atoms with Crippen LogP contribution in [0.4, 0.5) is 0 Å². The zero-order valence-electron chi connectivity index (χ0n) is 5.58. The molecule has 0 bridgehead atoms. The van der Waals surface area contributed by atoms with Gasteiger partial charge in [0.05, 0.1) is 0 Å². The van der Waals surface area contributed by atoms with Crippen LogP contribution in [0.3, 0.4) is 0 Å². The summed E-state index contributed by atoms with van der Waals surface area (Å²) in [4.78, 5) is 0. The Bertz CT molecular complexity index is 100. The van der Waals surface area contributed by atoms with E-state index in [1.54, 1.807) is 0 Å². The predicted molar refractivity (Wildman–Crippen MR) is 30.6 cm³/mol. The molecule has 0 fully saturated rings. The molecule has 10 heavy (non-hydrogen) atoms. The van der Waals surface area contributed by atoms with Gasteiger partial charge in [0.15, 0.2) is 0 Å². The molecule has 64 valence electrons. The summed E-state index contributed by atoms with van der Waals surface area (Å²) in [5.74, 6) is 0. The first-order valence-corrected chi connectivity index (χ1v) is 2.00. The van der Waals surface area contributed by atoms with Crippen molar-refractivity contribution in [1.29, 1.82) is 0 Å². The first kappa shape index (κ1) is 47.9. The van der Waals surface area contributed by atoms with E-state index in [1.807, 2.05) is 0 Å². The average molecular weight is 230 g/mol. The van der Waals surface area contributed by atoms with Gasteiger partial charge in [-0.05, 0) is 0 Å². The number of hydrogen-bond donors (Lipinski definition) is 4. The van der Waals surface area contributed by atoms with Crippen LogP contribution in [0.25, 0.3) is 0 Å². The van der Waals surface area contributed by atoms with Crippen molar-refractivity contribution in [1.82, 2.24) is 24.6 Å². The van der Waals surface area contributed by atoms with Crippen LogP contribution in [0.1, 0.15) is 0 Å². The molecular formula is H12N4O4SZn. The quantitative estimate of drug-likeness (QED) is 0.236. The Kier molecular flexibility index (Phi) is 77.5. The summed E-state index contributed by atoms with van der Waals surface area (Å²) in [5.41, 5.74) is 0. The second-order valence-electron chi connectivity index (χ2n) is 0.408. The molecular weight excluding hydrogens is 217 g/mol. The Balaban J connectivity index is -0.00000000800. The maximum Gasteiger partial charge on any atom is 2.00 e. The smallest absolute Gasteiger partial charge is 0.759 e. The van der Waals surface area contributed by atoms with Gasteiger partial charge in [0.25, 0.3) is 0 Å². The van der Waals surface area contributed by atoms with E-state index < -0.39 is 10.4 Å². The zero-order chi connectivity index (χ0) is 4.50. The van der Waals surface area contributed by atoms with Gasteiger partial charge in [-0.1, -0.05) is 0 Å². The summed E-state index contributed by atoms with van der Waals surface area (Å²) in [7, 11) is -5.17. The van der Waals surface area contributed by atoms with Gasteiger partial charge in [0.2, 0.25) is 0 Å². The van der Waals surface area contributed by atoms with Gasteiger partial charge in [0, 0.05) is 10.4 Å². The summed E-state index contributed by atoms with van der Waals surface area (Å²) in [6.07, 6.45) is 0. The first-order chi connectivity index (χ1) is 2.00. The van der Waals surface area contributed by atoms with E-state index in [0.29, 0.717) is 0 Å². The van der Waals surface area contributed by atoms with Gasteiger partial charge >= 0.3 is 19.5 Å². The fourth-order valence-corrected chi connectivity index (χ4v) is 0. The molecule has 0 radical (unpaired) electrons. The molecule has 0 aliphatic rings. The number of rotatable bonds is 0. The molecule has 0 saturated carbocycles. The summed E-state index contributed by atoms with van der Waals surface area (Å²) in [5, 5.41) is 0. The van der Waals surface area contributed by atoms with Crippen LogP contribution < -0.4 is 24.6 Å². The molecule has 12 N–H and O–H groups in total. The zero-order valence-corrected chi connectivity index (χ0v) is 9.36. The SMILES string of the molecule is N.N.N.N.O=S(=O)([O-])[O-].[Zn+2]. The molecule has 0 amide bonds. The van der Waals surface area contributed by atoms with Crippen molar-refractivity contribution in [3.63, 3.8) is 0 Å². The van der Waals surface area contributed by atoms with Crippen LogP contribution in [0.2, 0.25) is 0 Å². The van der Waals surface area contributed by atoms with E-state index in [1.165, 1.54) is 0 Å². The Labute approximate surface area is 72.4 Å². The normalized spacial score (nSPS) is 5.80. The van der Waals surface area contributed by atoms with Gasteiger partial charge in [-0.2, -0.15) is 0 Å². The van der Waals surface area contributed by atoms with Crippen LogP contribution in [0.15, 0.2) is 0 Å². The molecule has 0 aromatic heterocycles. The molecule has 0 saturated heterocycles. The largest absolute Gasteiger partial charge is 2.00 e. The summed E-state index contributed by atoms with van der Waals surface area (Å²) >= 11 is 0. The van der Waals surface area contributed by atoms with Crippen molar-refractivity contribution in [2.24, 2.45) is 0 Å². The molecule has 8 nitrogen and oxygen atoms in total. The fourth-order valence-electron chi connectivity index (χ4n) is 0. The summed E-state index contributed by atoms with van der Waals surface area (Å²) < 4.78 is 34.1. The van der Waals surface area contributed by atoms with Crippen LogP contribution in [-0.2, 0) is 29.9 Å². The monoisotopic (exact) mass is 228 g/mol. The molecule has 0 heterocycles. The van der Waals surface area contributed by atoms with Gasteiger partial charge in [0.1, 0.15) is 0 Å². The van der Waals surface area contributed by atoms with Crippen molar-refractivity contribution in [3.8, 4) is 0 Å². The summed E-state index contributed by atoms with van der Waals surface area (Å²) in [6.45, 7) is 0. The van der Waals surface area contributed by atoms with Gasteiger partial charge in [-0.3, -0.25) is 8.42 Å². The Hall–Kier alpha value is 0.333. The van der Waals surface area contributed by atoms with Gasteiger partial charge in [-0.15, -0.1) is 0 Å². The average Bonchev–Trinajstić information content (AvgIpc) is 0.722. The minimum Gasteiger partial charge on any atom is -0.759 e. The van der Waals surface area contributed by atoms with Gasteiger partial charge in [-0.25, -0.2) is 0 Å². The maximum atomic E-state index is 8.52. The molecule has 0 aliphatic carbocycles. The van der Waals surface area contributed by atoms with E-state index in [9.17, 15) is 0 Å². The van der Waals surface area contributed by atoms with E-state index in [0.717, 1.165) is 0 Å². The second-order valence-corrected chi connectivity index (χ2v) is 1.22. The Morgan fingerprint density at radius 3 is 0.800 bits per heavy atom. The van der Waals surface area contributed by atoms with Crippen LogP contribution in [-0.4, -0.2) is 17.5 Å². The third-order valence-electron chi connectivity index (χ3n) is 0. The van der Waals surface area contributed by atoms with Crippen molar-refractivity contribution in [3.05, 3.63) is 0 Å². The predicted octanol–water partition coefficient (Wildman–Crippen LogP) is -0.693. The minimum absolute atomic E-state index is 0. The molecule has 0 aliphatic heterocycles. The van der Waals surface area contributed by atoms with Crippen LogP contribution >= 0.6 is 0 Å². The Morgan fingerprint density at radius 1 is 0.800 bits per heavy atom. The Morgan fingerprint density at radius 2 is 0.800 bits per heavy atom. The molecule has 0 rings (SSSR count). The van der Waals surface area contributed by atoms with Crippen molar-refractivity contribution < 1.29 is 37.0 Å². The molecule has 0 aromatic carbocycles. The second kappa shape index (κ2) is 16.2. The van der Waals surface area contributed by atoms with E-state index in [2.05, 4.69) is 0 Å². The topological polar surface area (TPSA) is 220 Å². The van der Waals surface area contributed by atoms with E-state index in [-0.39, 0.29) is 44.1 Å². The van der Waals surface area contributed by atoms with Crippen LogP contribution in [0, 0.1) is 0 Å². The maximum absolute atomic E-state index is 8.52. The van der Waals surface area contributed by atoms with Gasteiger partial charge < -0.3 is 33.7 Å². The van der Waals surface area contributed by atoms with Crippen LogP contribution in [0.5, 0.6) is 0 Å². The van der Waals surface area contributed by atoms with Crippen molar-refractivity contribution >= 4 is 10.4 Å². The minimum atomic E-state index is -5.17. The third kappa shape index (κ3) is 4030. The molecule has 0 spiro atoms. The van der Waals surface area contributed by atoms with Crippen molar-refractivity contribution in [2.75, 3.05) is 0 Å². The molecule has 0 atom stereocenters. The standard InChI is InChI=1S/4H3N.H2O4S.Zn/c;;;;1-5(2,3)4;/h4*1H3;(H2,1,2,3,4);/q;;;;;+2/p-2. The summed E-state index contributed by atoms with van der Waals surface area (Å²) in [6, 6.07) is 0. The molecule has 10 heteroatoms. The molecule has 0 unspecified atom stereocenters. The number of hydrogen-bond acceptors (Lipinski definition) is 8. The fraction of sp³-hybridized carbons (Fsp3) is 0. The first-order valence-electron chi connectivity index (χ1n) is 0.667. The molecule has 0 aromatic rings.